The Bertz CT molecular complexity index is 435. The van der Waals surface area contributed by atoms with Crippen LogP contribution in [0.25, 0.3) is 10.4 Å². The topological polar surface area (TPSA) is 0 Å². The largest absolute Gasteiger partial charge is 0.141 e. The van der Waals surface area contributed by atoms with E-state index in [1.54, 1.807) is 0 Å². The van der Waals surface area contributed by atoms with E-state index in [-0.39, 0.29) is 0 Å². The zero-order valence-corrected chi connectivity index (χ0v) is 12.3. The molecule has 0 aliphatic carbocycles. The van der Waals surface area contributed by atoms with Crippen molar-refractivity contribution in [1.82, 2.24) is 0 Å². The van der Waals surface area contributed by atoms with Crippen molar-refractivity contribution in [3.63, 3.8) is 0 Å². The normalized spacial score (nSPS) is 10.0. The van der Waals surface area contributed by atoms with Gasteiger partial charge >= 0.3 is 0 Å². The summed E-state index contributed by atoms with van der Waals surface area (Å²) in [5, 5.41) is 0. The number of rotatable bonds is 2. The molecule has 0 atom stereocenters. The Labute approximate surface area is 109 Å². The summed E-state index contributed by atoms with van der Waals surface area (Å²) in [5.41, 5.74) is 2.74. The lowest BCUT2D eigenvalue weighted by atomic mass is 10.0. The third kappa shape index (κ3) is 3.71. The summed E-state index contributed by atoms with van der Waals surface area (Å²) in [6, 6.07) is 13.3. The lowest BCUT2D eigenvalue weighted by Gasteiger charge is -2.05. The van der Waals surface area contributed by atoms with E-state index in [1.165, 1.54) is 20.9 Å². The highest BCUT2D eigenvalue weighted by Crippen LogP contribution is 2.28. The summed E-state index contributed by atoms with van der Waals surface area (Å²) in [6.45, 7) is 10.6. The Morgan fingerprint density at radius 3 is 1.88 bits per heavy atom. The highest BCUT2D eigenvalue weighted by atomic mass is 32.1. The van der Waals surface area contributed by atoms with Gasteiger partial charge in [0.1, 0.15) is 0 Å². The van der Waals surface area contributed by atoms with Gasteiger partial charge in [0.25, 0.3) is 0 Å². The van der Waals surface area contributed by atoms with Crippen LogP contribution in [0.15, 0.2) is 36.4 Å². The van der Waals surface area contributed by atoms with Gasteiger partial charge in [0.05, 0.1) is 0 Å². The third-order valence-electron chi connectivity index (χ3n) is 2.60. The van der Waals surface area contributed by atoms with Gasteiger partial charge < -0.3 is 0 Å². The average molecular weight is 246 g/mol. The molecule has 0 spiro atoms. The van der Waals surface area contributed by atoms with Crippen LogP contribution in [-0.2, 0) is 0 Å². The van der Waals surface area contributed by atoms with Gasteiger partial charge in [0.2, 0.25) is 0 Å². The van der Waals surface area contributed by atoms with Gasteiger partial charge in [0, 0.05) is 9.75 Å². The molecule has 2 rings (SSSR count). The molecule has 0 aliphatic rings. The minimum atomic E-state index is 0.615. The van der Waals surface area contributed by atoms with Crippen LogP contribution in [-0.4, -0.2) is 0 Å². The Kier molecular flexibility index (Phi) is 5.43. The summed E-state index contributed by atoms with van der Waals surface area (Å²) in [6.07, 6.45) is 0. The second kappa shape index (κ2) is 6.61. The van der Waals surface area contributed by atoms with Crippen molar-refractivity contribution in [3.8, 4) is 10.4 Å². The SMILES string of the molecule is CC.Cc1ccc(-c2ccc(C(C)C)cc2)s1. The molecular formula is C16H22S. The minimum absolute atomic E-state index is 0.615. The molecule has 0 nitrogen and oxygen atoms in total. The first-order valence-corrected chi connectivity index (χ1v) is 7.15. The smallest absolute Gasteiger partial charge is 0.0345 e. The van der Waals surface area contributed by atoms with Crippen LogP contribution in [0.2, 0.25) is 0 Å². The summed E-state index contributed by atoms with van der Waals surface area (Å²) < 4.78 is 0. The average Bonchev–Trinajstić information content (AvgIpc) is 2.79. The summed E-state index contributed by atoms with van der Waals surface area (Å²) in [4.78, 5) is 2.74. The fraction of sp³-hybridized carbons (Fsp3) is 0.375. The van der Waals surface area contributed by atoms with Crippen molar-refractivity contribution in [2.75, 3.05) is 0 Å². The first-order chi connectivity index (χ1) is 8.16. The van der Waals surface area contributed by atoms with Crippen LogP contribution < -0.4 is 0 Å². The molecule has 1 heteroatoms. The van der Waals surface area contributed by atoms with E-state index in [4.69, 9.17) is 0 Å². The summed E-state index contributed by atoms with van der Waals surface area (Å²) in [5.74, 6) is 0.615. The standard InChI is InChI=1S/C14H16S.C2H6/c1-10(2)12-5-7-13(8-6-12)14-9-4-11(3)15-14;1-2/h4-10H,1-3H3;1-2H3. The number of thiophene rings is 1. The fourth-order valence-electron chi connectivity index (χ4n) is 1.62. The quantitative estimate of drug-likeness (QED) is 0.621. The third-order valence-corrected chi connectivity index (χ3v) is 3.65. The van der Waals surface area contributed by atoms with E-state index in [2.05, 4.69) is 57.2 Å². The van der Waals surface area contributed by atoms with Crippen molar-refractivity contribution in [2.24, 2.45) is 0 Å². The summed E-state index contributed by atoms with van der Waals surface area (Å²) >= 11 is 1.86. The van der Waals surface area contributed by atoms with Crippen molar-refractivity contribution >= 4 is 11.3 Å². The molecule has 0 radical (unpaired) electrons. The molecule has 0 unspecified atom stereocenters. The van der Waals surface area contributed by atoms with E-state index in [0.29, 0.717) is 5.92 Å². The van der Waals surface area contributed by atoms with Crippen LogP contribution in [0.4, 0.5) is 0 Å². The van der Waals surface area contributed by atoms with Crippen molar-refractivity contribution in [3.05, 3.63) is 46.8 Å². The van der Waals surface area contributed by atoms with E-state index < -0.39 is 0 Å². The number of hydrogen-bond donors (Lipinski definition) is 0. The Morgan fingerprint density at radius 1 is 0.882 bits per heavy atom. The zero-order chi connectivity index (χ0) is 12.8. The minimum Gasteiger partial charge on any atom is -0.141 e. The Morgan fingerprint density at radius 2 is 1.47 bits per heavy atom. The van der Waals surface area contributed by atoms with Gasteiger partial charge in [-0.15, -0.1) is 11.3 Å². The van der Waals surface area contributed by atoms with Gasteiger partial charge in [-0.1, -0.05) is 52.0 Å². The number of hydrogen-bond acceptors (Lipinski definition) is 1. The summed E-state index contributed by atoms with van der Waals surface area (Å²) in [7, 11) is 0. The van der Waals surface area contributed by atoms with Gasteiger partial charge in [-0.3, -0.25) is 0 Å². The monoisotopic (exact) mass is 246 g/mol. The van der Waals surface area contributed by atoms with Crippen LogP contribution in [0.1, 0.15) is 44.1 Å². The maximum absolute atomic E-state index is 2.23. The highest BCUT2D eigenvalue weighted by Gasteiger charge is 2.02. The molecule has 92 valence electrons. The van der Waals surface area contributed by atoms with Gasteiger partial charge in [-0.25, -0.2) is 0 Å². The predicted octanol–water partition coefficient (Wildman–Crippen LogP) is 5.87. The molecule has 1 aromatic carbocycles. The van der Waals surface area contributed by atoms with E-state index in [1.807, 2.05) is 25.2 Å². The van der Waals surface area contributed by atoms with Gasteiger partial charge in [-0.05, 0) is 36.1 Å². The molecule has 17 heavy (non-hydrogen) atoms. The van der Waals surface area contributed by atoms with E-state index in [0.717, 1.165) is 0 Å². The molecule has 0 N–H and O–H groups in total. The fourth-order valence-corrected chi connectivity index (χ4v) is 2.49. The molecule has 0 saturated carbocycles. The lowest BCUT2D eigenvalue weighted by Crippen LogP contribution is -1.85. The Balaban J connectivity index is 0.000000686. The van der Waals surface area contributed by atoms with Crippen LogP contribution >= 0.6 is 11.3 Å². The lowest BCUT2D eigenvalue weighted by molar-refractivity contribution is 0.867. The van der Waals surface area contributed by atoms with Crippen molar-refractivity contribution in [2.45, 2.75) is 40.5 Å². The maximum atomic E-state index is 2.23. The Hall–Kier alpha value is -1.08. The van der Waals surface area contributed by atoms with Gasteiger partial charge in [0.15, 0.2) is 0 Å². The molecule has 0 fully saturated rings. The second-order valence-electron chi connectivity index (χ2n) is 4.19. The maximum Gasteiger partial charge on any atom is 0.0345 e. The van der Waals surface area contributed by atoms with Crippen LogP contribution in [0, 0.1) is 6.92 Å². The molecular weight excluding hydrogens is 224 g/mol. The van der Waals surface area contributed by atoms with Crippen LogP contribution in [0.5, 0.6) is 0 Å². The van der Waals surface area contributed by atoms with Crippen molar-refractivity contribution < 1.29 is 0 Å². The zero-order valence-electron chi connectivity index (χ0n) is 11.4. The molecule has 1 aromatic heterocycles. The highest BCUT2D eigenvalue weighted by molar-refractivity contribution is 7.15. The van der Waals surface area contributed by atoms with E-state index in [9.17, 15) is 0 Å². The predicted molar refractivity (Wildman–Crippen MR) is 79.9 cm³/mol. The molecule has 0 aliphatic heterocycles. The first kappa shape index (κ1) is 14.0. The molecule has 2 aromatic rings. The number of aryl methyl sites for hydroxylation is 1. The number of benzene rings is 1. The van der Waals surface area contributed by atoms with Crippen molar-refractivity contribution in [1.29, 1.82) is 0 Å². The molecule has 0 bridgehead atoms. The first-order valence-electron chi connectivity index (χ1n) is 6.33. The van der Waals surface area contributed by atoms with Gasteiger partial charge in [-0.2, -0.15) is 0 Å². The van der Waals surface area contributed by atoms with Crippen LogP contribution in [0.3, 0.4) is 0 Å². The molecule has 0 saturated heterocycles. The molecule has 1 heterocycles. The second-order valence-corrected chi connectivity index (χ2v) is 5.47. The molecule has 0 amide bonds. The van der Waals surface area contributed by atoms with E-state index >= 15 is 0 Å².